The van der Waals surface area contributed by atoms with E-state index in [9.17, 15) is 19.2 Å². The molecular weight excluding hydrogens is 308 g/mol. The van der Waals surface area contributed by atoms with Crippen LogP contribution in [0.3, 0.4) is 0 Å². The third-order valence-corrected chi connectivity index (χ3v) is 2.84. The van der Waals surface area contributed by atoms with E-state index in [0.29, 0.717) is 5.69 Å². The zero-order valence-electron chi connectivity index (χ0n) is 12.1. The molecule has 126 valence electrons. The molecule has 2 atom stereocenters. The van der Waals surface area contributed by atoms with Gasteiger partial charge >= 0.3 is 5.97 Å². The van der Waals surface area contributed by atoms with E-state index < -0.39 is 42.2 Å². The Morgan fingerprint density at radius 1 is 1.26 bits per heavy atom. The average molecular weight is 326 g/mol. The fraction of sp³-hybridized carbons (Fsp3) is 0.417. The number of nitrogens with one attached hydrogen (secondary N) is 3. The van der Waals surface area contributed by atoms with Crippen LogP contribution in [0.5, 0.6) is 0 Å². The largest absolute Gasteiger partial charge is 0.480 e. The van der Waals surface area contributed by atoms with Gasteiger partial charge in [0.1, 0.15) is 12.1 Å². The van der Waals surface area contributed by atoms with Gasteiger partial charge < -0.3 is 32.2 Å². The second-order valence-electron chi connectivity index (χ2n) is 4.68. The Labute approximate surface area is 130 Å². The average Bonchev–Trinajstić information content (AvgIpc) is 2.97. The molecule has 0 aromatic carbocycles. The molecule has 0 radical (unpaired) electrons. The van der Waals surface area contributed by atoms with Crippen LogP contribution in [0.4, 0.5) is 0 Å². The summed E-state index contributed by atoms with van der Waals surface area (Å²) in [5, 5.41) is 13.6. The molecule has 11 heteroatoms. The number of nitrogens with zero attached hydrogens (tertiary/aromatic N) is 1. The second-order valence-corrected chi connectivity index (χ2v) is 4.68. The predicted octanol–water partition coefficient (Wildman–Crippen LogP) is -3.16. The van der Waals surface area contributed by atoms with Gasteiger partial charge in [-0.25, -0.2) is 9.78 Å². The normalized spacial score (nSPS) is 12.9. The van der Waals surface area contributed by atoms with Crippen molar-refractivity contribution >= 4 is 23.7 Å². The van der Waals surface area contributed by atoms with Gasteiger partial charge in [-0.3, -0.25) is 14.4 Å². The number of imidazole rings is 1. The highest BCUT2D eigenvalue weighted by Crippen LogP contribution is 2.01. The van der Waals surface area contributed by atoms with Gasteiger partial charge in [-0.2, -0.15) is 0 Å². The smallest absolute Gasteiger partial charge is 0.326 e. The fourth-order valence-electron chi connectivity index (χ4n) is 1.75. The van der Waals surface area contributed by atoms with Crippen LogP contribution < -0.4 is 22.1 Å². The van der Waals surface area contributed by atoms with Gasteiger partial charge in [0, 0.05) is 18.3 Å². The molecular formula is C12H18N6O5. The third kappa shape index (κ3) is 6.13. The third-order valence-electron chi connectivity index (χ3n) is 2.84. The summed E-state index contributed by atoms with van der Waals surface area (Å²) >= 11 is 0. The van der Waals surface area contributed by atoms with Crippen molar-refractivity contribution < 1.29 is 24.3 Å². The van der Waals surface area contributed by atoms with Crippen molar-refractivity contribution in [3.63, 3.8) is 0 Å². The first kappa shape index (κ1) is 18.1. The van der Waals surface area contributed by atoms with Crippen LogP contribution in [-0.4, -0.2) is 57.4 Å². The molecule has 3 amide bonds. The topological polar surface area (TPSA) is 193 Å². The van der Waals surface area contributed by atoms with Gasteiger partial charge in [-0.15, -0.1) is 0 Å². The van der Waals surface area contributed by atoms with E-state index in [0.717, 1.165) is 0 Å². The molecule has 8 N–H and O–H groups in total. The lowest BCUT2D eigenvalue weighted by atomic mass is 10.1. The molecule has 1 rings (SSSR count). The Bertz CT molecular complexity index is 573. The first-order chi connectivity index (χ1) is 10.8. The van der Waals surface area contributed by atoms with E-state index >= 15 is 0 Å². The van der Waals surface area contributed by atoms with Crippen molar-refractivity contribution in [2.75, 3.05) is 6.54 Å². The maximum Gasteiger partial charge on any atom is 0.326 e. The number of aromatic amines is 1. The van der Waals surface area contributed by atoms with Crippen molar-refractivity contribution in [3.05, 3.63) is 18.2 Å². The Morgan fingerprint density at radius 3 is 2.43 bits per heavy atom. The van der Waals surface area contributed by atoms with Gasteiger partial charge in [-0.1, -0.05) is 0 Å². The fourth-order valence-corrected chi connectivity index (χ4v) is 1.75. The lowest BCUT2D eigenvalue weighted by molar-refractivity contribution is -0.142. The monoisotopic (exact) mass is 326 g/mol. The zero-order valence-corrected chi connectivity index (χ0v) is 12.1. The molecule has 1 aromatic rings. The molecule has 0 aliphatic carbocycles. The lowest BCUT2D eigenvalue weighted by Gasteiger charge is -2.20. The van der Waals surface area contributed by atoms with Crippen LogP contribution in [0.1, 0.15) is 12.1 Å². The van der Waals surface area contributed by atoms with Crippen molar-refractivity contribution in [1.82, 2.24) is 20.6 Å². The summed E-state index contributed by atoms with van der Waals surface area (Å²) < 4.78 is 0. The molecule has 0 fully saturated rings. The quantitative estimate of drug-likeness (QED) is 0.275. The molecule has 0 bridgehead atoms. The van der Waals surface area contributed by atoms with E-state index in [4.69, 9.17) is 16.6 Å². The lowest BCUT2D eigenvalue weighted by Crippen LogP contribution is -2.54. The molecule has 0 aliphatic heterocycles. The number of nitrogens with two attached hydrogens (primary N) is 2. The number of carbonyl (C=O) groups is 4. The van der Waals surface area contributed by atoms with E-state index in [2.05, 4.69) is 20.6 Å². The summed E-state index contributed by atoms with van der Waals surface area (Å²) in [6.45, 7) is -0.390. The minimum atomic E-state index is -1.30. The molecule has 1 heterocycles. The highest BCUT2D eigenvalue weighted by atomic mass is 16.4. The second kappa shape index (κ2) is 8.48. The number of carbonyl (C=O) groups excluding carboxylic acids is 3. The van der Waals surface area contributed by atoms with Crippen LogP contribution in [0.2, 0.25) is 0 Å². The minimum Gasteiger partial charge on any atom is -0.480 e. The van der Waals surface area contributed by atoms with Crippen LogP contribution in [0, 0.1) is 0 Å². The maximum atomic E-state index is 12.1. The number of carboxylic acid groups (broad SMARTS) is 1. The van der Waals surface area contributed by atoms with Crippen LogP contribution in [0.15, 0.2) is 12.5 Å². The number of H-pyrrole nitrogens is 1. The summed E-state index contributed by atoms with van der Waals surface area (Å²) in [6, 6.07) is -2.57. The highest BCUT2D eigenvalue weighted by molar-refractivity contribution is 5.93. The highest BCUT2D eigenvalue weighted by Gasteiger charge is 2.27. The van der Waals surface area contributed by atoms with Crippen molar-refractivity contribution in [2.45, 2.75) is 24.9 Å². The number of primary amides is 1. The summed E-state index contributed by atoms with van der Waals surface area (Å²) in [6.07, 6.45) is 2.26. The van der Waals surface area contributed by atoms with Crippen LogP contribution in [-0.2, 0) is 25.6 Å². The summed E-state index contributed by atoms with van der Waals surface area (Å²) in [5.74, 6) is -3.64. The van der Waals surface area contributed by atoms with Gasteiger partial charge in [0.25, 0.3) is 0 Å². The van der Waals surface area contributed by atoms with Crippen molar-refractivity contribution in [1.29, 1.82) is 0 Å². The van der Waals surface area contributed by atoms with E-state index in [-0.39, 0.29) is 13.0 Å². The van der Waals surface area contributed by atoms with E-state index in [1.807, 2.05) is 0 Å². The molecule has 0 aliphatic rings. The molecule has 23 heavy (non-hydrogen) atoms. The molecule has 11 nitrogen and oxygen atoms in total. The number of amides is 3. The van der Waals surface area contributed by atoms with E-state index in [1.54, 1.807) is 0 Å². The summed E-state index contributed by atoms with van der Waals surface area (Å²) in [5.41, 5.74) is 10.6. The predicted molar refractivity (Wildman–Crippen MR) is 76.7 cm³/mol. The van der Waals surface area contributed by atoms with Gasteiger partial charge in [0.05, 0.1) is 19.3 Å². The number of carboxylic acids is 1. The van der Waals surface area contributed by atoms with Crippen molar-refractivity contribution in [3.8, 4) is 0 Å². The molecule has 0 unspecified atom stereocenters. The maximum absolute atomic E-state index is 12.1. The standard InChI is InChI=1S/C12H18N6O5/c13-3-10(20)17-7(2-9(14)19)11(21)18-8(12(22)23)1-6-4-15-5-16-6/h4-5,7-8H,1-3,13H2,(H2,14,19)(H,15,16)(H,17,20)(H,18,21)(H,22,23)/t7-,8-/m0/s1. The van der Waals surface area contributed by atoms with Crippen molar-refractivity contribution in [2.24, 2.45) is 11.5 Å². The number of rotatable bonds is 9. The minimum absolute atomic E-state index is 0.0464. The van der Waals surface area contributed by atoms with E-state index in [1.165, 1.54) is 12.5 Å². The zero-order chi connectivity index (χ0) is 17.4. The summed E-state index contributed by atoms with van der Waals surface area (Å²) in [7, 11) is 0. The number of hydrogen-bond donors (Lipinski definition) is 6. The Kier molecular flexibility index (Phi) is 6.68. The number of aromatic nitrogens is 2. The Hall–Kier alpha value is -2.95. The van der Waals surface area contributed by atoms with Gasteiger partial charge in [0.15, 0.2) is 0 Å². The molecule has 1 aromatic heterocycles. The number of aliphatic carboxylic acids is 1. The van der Waals surface area contributed by atoms with Gasteiger partial charge in [-0.05, 0) is 0 Å². The summed E-state index contributed by atoms with van der Waals surface area (Å²) in [4.78, 5) is 52.1. The first-order valence-electron chi connectivity index (χ1n) is 6.61. The van der Waals surface area contributed by atoms with Crippen LogP contribution >= 0.6 is 0 Å². The molecule has 0 spiro atoms. The molecule has 0 saturated carbocycles. The molecule has 0 saturated heterocycles. The Balaban J connectivity index is 2.77. The van der Waals surface area contributed by atoms with Crippen LogP contribution in [0.25, 0.3) is 0 Å². The Morgan fingerprint density at radius 2 is 1.96 bits per heavy atom. The van der Waals surface area contributed by atoms with Gasteiger partial charge in [0.2, 0.25) is 17.7 Å². The number of hydrogen-bond acceptors (Lipinski definition) is 6. The SMILES string of the molecule is NCC(=O)N[C@@H](CC(N)=O)C(=O)N[C@@H](Cc1cnc[nH]1)C(=O)O. The first-order valence-corrected chi connectivity index (χ1v) is 6.61.